The lowest BCUT2D eigenvalue weighted by molar-refractivity contribution is -0.207. The monoisotopic (exact) mass is 593 g/mol. The van der Waals surface area contributed by atoms with E-state index < -0.39 is 43.0 Å². The molecule has 15 heteroatoms. The van der Waals surface area contributed by atoms with Crippen LogP contribution in [0.2, 0.25) is 15.2 Å². The molecule has 4 aromatic rings. The predicted molar refractivity (Wildman–Crippen MR) is 132 cm³/mol. The van der Waals surface area contributed by atoms with Gasteiger partial charge in [-0.25, -0.2) is 18.9 Å². The summed E-state index contributed by atoms with van der Waals surface area (Å²) in [7, 11) is 0. The summed E-state index contributed by atoms with van der Waals surface area (Å²) in [4.78, 5) is 17.5. The topological polar surface area (TPSA) is 98.1 Å². The second-order valence-corrected chi connectivity index (χ2v) is 9.52. The molecule has 2 aromatic carbocycles. The maximum atomic E-state index is 13.9. The SMILES string of the molecule is CC(O)c1nc(Cn2c(Cl)c(-c3ccc(Cl)cc3)n(CC(O)C(F)(F)F)c2=O)nn1-c1cc(F)cc(Cl)c1. The van der Waals surface area contributed by atoms with E-state index in [2.05, 4.69) is 10.1 Å². The van der Waals surface area contributed by atoms with Crippen LogP contribution in [0.1, 0.15) is 24.7 Å². The van der Waals surface area contributed by atoms with E-state index in [4.69, 9.17) is 34.8 Å². The zero-order valence-corrected chi connectivity index (χ0v) is 21.6. The summed E-state index contributed by atoms with van der Waals surface area (Å²) in [6.07, 6.45) is -9.03. The van der Waals surface area contributed by atoms with Gasteiger partial charge in [0, 0.05) is 15.6 Å². The molecule has 8 nitrogen and oxygen atoms in total. The van der Waals surface area contributed by atoms with Gasteiger partial charge in [-0.1, -0.05) is 46.9 Å². The largest absolute Gasteiger partial charge is 0.416 e. The zero-order chi connectivity index (χ0) is 27.9. The van der Waals surface area contributed by atoms with Gasteiger partial charge < -0.3 is 10.2 Å². The van der Waals surface area contributed by atoms with Crippen molar-refractivity contribution in [2.75, 3.05) is 0 Å². The molecule has 0 fully saturated rings. The van der Waals surface area contributed by atoms with Gasteiger partial charge in [0.2, 0.25) is 0 Å². The first-order valence-electron chi connectivity index (χ1n) is 10.9. The molecule has 0 saturated heterocycles. The van der Waals surface area contributed by atoms with Gasteiger partial charge in [-0.2, -0.15) is 13.2 Å². The second kappa shape index (κ2) is 10.7. The maximum Gasteiger partial charge on any atom is 0.416 e. The lowest BCUT2D eigenvalue weighted by atomic mass is 10.1. The molecule has 0 radical (unpaired) electrons. The number of hydrogen-bond donors (Lipinski definition) is 2. The number of hydrogen-bond acceptors (Lipinski definition) is 5. The fourth-order valence-corrected chi connectivity index (χ4v) is 4.41. The minimum atomic E-state index is -5.00. The van der Waals surface area contributed by atoms with Gasteiger partial charge in [-0.3, -0.25) is 9.13 Å². The molecule has 0 aliphatic heterocycles. The Labute approximate surface area is 227 Å². The standard InChI is InChI=1S/C23H18Cl3F4N5O3/c1-11(36)21-31-18(32-35(21)16-7-14(25)6-15(27)8-16)10-34-20(26)19(12-2-4-13(24)5-3-12)33(22(34)38)9-17(37)23(28,29)30/h2-8,11,17,36-37H,9-10H2,1H3. The molecule has 2 atom stereocenters. The van der Waals surface area contributed by atoms with E-state index in [0.717, 1.165) is 21.4 Å². The van der Waals surface area contributed by atoms with E-state index in [1.807, 2.05) is 0 Å². The van der Waals surface area contributed by atoms with Crippen LogP contribution >= 0.6 is 34.8 Å². The van der Waals surface area contributed by atoms with E-state index in [1.54, 1.807) is 0 Å². The molecule has 0 amide bonds. The summed E-state index contributed by atoms with van der Waals surface area (Å²) < 4.78 is 56.1. The van der Waals surface area contributed by atoms with Crippen molar-refractivity contribution < 1.29 is 27.8 Å². The van der Waals surface area contributed by atoms with E-state index in [0.29, 0.717) is 9.59 Å². The van der Waals surface area contributed by atoms with Gasteiger partial charge in [0.25, 0.3) is 0 Å². The number of benzene rings is 2. The first-order chi connectivity index (χ1) is 17.8. The summed E-state index contributed by atoms with van der Waals surface area (Å²) in [5.74, 6) is -0.759. The molecule has 0 aliphatic rings. The van der Waals surface area contributed by atoms with Gasteiger partial charge in [0.1, 0.15) is 17.1 Å². The number of alkyl halides is 3. The van der Waals surface area contributed by atoms with Crippen molar-refractivity contribution in [1.29, 1.82) is 0 Å². The predicted octanol–water partition coefficient (Wildman–Crippen LogP) is 5.02. The van der Waals surface area contributed by atoms with Crippen LogP contribution in [0.5, 0.6) is 0 Å². The van der Waals surface area contributed by atoms with E-state index in [-0.39, 0.29) is 38.8 Å². The molecule has 0 aliphatic carbocycles. The van der Waals surface area contributed by atoms with E-state index in [1.165, 1.54) is 37.3 Å². The molecule has 2 unspecified atom stereocenters. The lowest BCUT2D eigenvalue weighted by Gasteiger charge is -2.16. The third-order valence-electron chi connectivity index (χ3n) is 5.46. The van der Waals surface area contributed by atoms with Crippen molar-refractivity contribution in [1.82, 2.24) is 23.9 Å². The van der Waals surface area contributed by atoms with Gasteiger partial charge in [0.05, 0.1) is 24.5 Å². The lowest BCUT2D eigenvalue weighted by Crippen LogP contribution is -2.37. The minimum Gasteiger partial charge on any atom is -0.385 e. The Hall–Kier alpha value is -2.90. The Morgan fingerprint density at radius 2 is 1.66 bits per heavy atom. The average Bonchev–Trinajstić information content (AvgIpc) is 3.34. The van der Waals surface area contributed by atoms with Crippen molar-refractivity contribution in [3.8, 4) is 16.9 Å². The minimum absolute atomic E-state index is 0.0179. The van der Waals surface area contributed by atoms with Crippen LogP contribution in [-0.2, 0) is 13.1 Å². The molecule has 0 bridgehead atoms. The number of aromatic nitrogens is 5. The fourth-order valence-electron chi connectivity index (χ4n) is 3.73. The van der Waals surface area contributed by atoms with Crippen LogP contribution in [0.25, 0.3) is 16.9 Å². The molecule has 202 valence electrons. The van der Waals surface area contributed by atoms with Crippen molar-refractivity contribution >= 4 is 34.8 Å². The molecule has 38 heavy (non-hydrogen) atoms. The van der Waals surface area contributed by atoms with Crippen LogP contribution in [0.3, 0.4) is 0 Å². The van der Waals surface area contributed by atoms with Crippen molar-refractivity contribution in [2.24, 2.45) is 0 Å². The smallest absolute Gasteiger partial charge is 0.385 e. The molecule has 0 spiro atoms. The first-order valence-corrected chi connectivity index (χ1v) is 12.0. The van der Waals surface area contributed by atoms with E-state index in [9.17, 15) is 32.6 Å². The molecular formula is C23H18Cl3F4N5O3. The second-order valence-electron chi connectivity index (χ2n) is 8.28. The first kappa shape index (κ1) is 28.1. The summed E-state index contributed by atoms with van der Waals surface area (Å²) >= 11 is 18.3. The summed E-state index contributed by atoms with van der Waals surface area (Å²) in [6.45, 7) is -0.170. The van der Waals surface area contributed by atoms with Gasteiger partial charge in [-0.05, 0) is 37.3 Å². The Bertz CT molecular complexity index is 1510. The van der Waals surface area contributed by atoms with E-state index >= 15 is 0 Å². The molecule has 4 rings (SSSR count). The van der Waals surface area contributed by atoms with Crippen molar-refractivity contribution in [3.63, 3.8) is 0 Å². The fraction of sp³-hybridized carbons (Fsp3) is 0.261. The number of halogens is 7. The Morgan fingerprint density at radius 3 is 2.24 bits per heavy atom. The molecule has 2 N–H and O–H groups in total. The maximum absolute atomic E-state index is 13.9. The third-order valence-corrected chi connectivity index (χ3v) is 6.31. The molecule has 2 heterocycles. The van der Waals surface area contributed by atoms with Crippen LogP contribution in [0.15, 0.2) is 47.3 Å². The number of aliphatic hydroxyl groups is 2. The summed E-state index contributed by atoms with van der Waals surface area (Å²) in [5.41, 5.74) is -0.672. The molecule has 0 saturated carbocycles. The summed E-state index contributed by atoms with van der Waals surface area (Å²) in [6, 6.07) is 9.38. The molecular weight excluding hydrogens is 577 g/mol. The highest BCUT2D eigenvalue weighted by Crippen LogP contribution is 2.31. The number of nitrogens with zero attached hydrogens (tertiary/aromatic N) is 5. The number of imidazole rings is 1. The van der Waals surface area contributed by atoms with Crippen LogP contribution < -0.4 is 5.69 Å². The normalized spacial score (nSPS) is 13.6. The highest BCUT2D eigenvalue weighted by Gasteiger charge is 2.39. The van der Waals surface area contributed by atoms with Crippen LogP contribution in [0, 0.1) is 5.82 Å². The average molecular weight is 595 g/mol. The van der Waals surface area contributed by atoms with Gasteiger partial charge in [0.15, 0.2) is 17.8 Å². The Kier molecular flexibility index (Phi) is 7.91. The van der Waals surface area contributed by atoms with Crippen LogP contribution in [-0.4, -0.2) is 46.4 Å². The number of aliphatic hydroxyl groups excluding tert-OH is 2. The Balaban J connectivity index is 1.83. The summed E-state index contributed by atoms with van der Waals surface area (Å²) in [5, 5.41) is 24.3. The Morgan fingerprint density at radius 1 is 1.00 bits per heavy atom. The van der Waals surface area contributed by atoms with Crippen molar-refractivity contribution in [3.05, 3.63) is 85.6 Å². The van der Waals surface area contributed by atoms with Gasteiger partial charge >= 0.3 is 11.9 Å². The zero-order valence-electron chi connectivity index (χ0n) is 19.3. The van der Waals surface area contributed by atoms with Crippen LogP contribution in [0.4, 0.5) is 17.6 Å². The number of rotatable bonds is 7. The molecule has 2 aromatic heterocycles. The highest BCUT2D eigenvalue weighted by molar-refractivity contribution is 6.32. The quantitative estimate of drug-likeness (QED) is 0.293. The van der Waals surface area contributed by atoms with Gasteiger partial charge in [-0.15, -0.1) is 5.10 Å². The third kappa shape index (κ3) is 5.74. The van der Waals surface area contributed by atoms with Crippen molar-refractivity contribution in [2.45, 2.75) is 38.4 Å². The highest BCUT2D eigenvalue weighted by atomic mass is 35.5.